The number of alkyl halides is 3. The summed E-state index contributed by atoms with van der Waals surface area (Å²) in [6, 6.07) is 13.4. The lowest BCUT2D eigenvalue weighted by atomic mass is 10.2. The van der Waals surface area contributed by atoms with E-state index in [1.807, 2.05) is 30.3 Å². The van der Waals surface area contributed by atoms with Gasteiger partial charge in [-0.15, -0.1) is 5.10 Å². The van der Waals surface area contributed by atoms with Crippen LogP contribution in [0.2, 0.25) is 0 Å². The van der Waals surface area contributed by atoms with Gasteiger partial charge in [-0.05, 0) is 29.8 Å². The Hall–Kier alpha value is -3.60. The number of benzene rings is 2. The van der Waals surface area contributed by atoms with Crippen molar-refractivity contribution >= 4 is 22.4 Å². The average molecular weight is 433 g/mol. The summed E-state index contributed by atoms with van der Waals surface area (Å²) in [5.74, 6) is -1.73. The standard InChI is InChI=1S/C19H11F4N5OS/c20-12-6-8-13(9-7-12)28-16(19(21,22)23)15(26-27-28)17(29)25-18-24-10-14(30-18)11-4-2-1-3-5-11/h1-10H,(H,24,25,29). The first-order valence-electron chi connectivity index (χ1n) is 8.44. The largest absolute Gasteiger partial charge is 0.435 e. The smallest absolute Gasteiger partial charge is 0.296 e. The maximum atomic E-state index is 13.7. The van der Waals surface area contributed by atoms with Gasteiger partial charge in [0.25, 0.3) is 5.91 Å². The molecule has 11 heteroatoms. The van der Waals surface area contributed by atoms with Gasteiger partial charge in [0, 0.05) is 6.20 Å². The lowest BCUT2D eigenvalue weighted by Crippen LogP contribution is -2.21. The molecule has 0 atom stereocenters. The summed E-state index contributed by atoms with van der Waals surface area (Å²) >= 11 is 1.11. The van der Waals surface area contributed by atoms with Crippen LogP contribution < -0.4 is 5.32 Å². The monoisotopic (exact) mass is 433 g/mol. The van der Waals surface area contributed by atoms with Gasteiger partial charge in [-0.25, -0.2) is 14.1 Å². The molecule has 6 nitrogen and oxygen atoms in total. The number of aromatic nitrogens is 4. The highest BCUT2D eigenvalue weighted by Gasteiger charge is 2.42. The van der Waals surface area contributed by atoms with Crippen molar-refractivity contribution in [2.24, 2.45) is 0 Å². The zero-order valence-electron chi connectivity index (χ0n) is 14.9. The quantitative estimate of drug-likeness (QED) is 0.469. The first kappa shape index (κ1) is 19.7. The van der Waals surface area contributed by atoms with Crippen LogP contribution in [0.4, 0.5) is 22.7 Å². The second-order valence-corrected chi connectivity index (χ2v) is 7.05. The average Bonchev–Trinajstić information content (AvgIpc) is 3.36. The van der Waals surface area contributed by atoms with Gasteiger partial charge in [-0.2, -0.15) is 13.2 Å². The third-order valence-corrected chi connectivity index (χ3v) is 4.97. The van der Waals surface area contributed by atoms with E-state index in [9.17, 15) is 22.4 Å². The van der Waals surface area contributed by atoms with Crippen LogP contribution in [0.3, 0.4) is 0 Å². The van der Waals surface area contributed by atoms with Gasteiger partial charge in [0.2, 0.25) is 0 Å². The molecule has 2 aromatic heterocycles. The van der Waals surface area contributed by atoms with Gasteiger partial charge in [0.1, 0.15) is 5.82 Å². The van der Waals surface area contributed by atoms with Crippen molar-refractivity contribution < 1.29 is 22.4 Å². The van der Waals surface area contributed by atoms with Gasteiger partial charge >= 0.3 is 6.18 Å². The van der Waals surface area contributed by atoms with E-state index in [1.54, 1.807) is 0 Å². The van der Waals surface area contributed by atoms with Crippen LogP contribution in [0.1, 0.15) is 16.2 Å². The number of carbonyl (C=O) groups excluding carboxylic acids is 1. The number of halogens is 4. The molecule has 0 radical (unpaired) electrons. The van der Waals surface area contributed by atoms with Crippen LogP contribution in [0.25, 0.3) is 16.1 Å². The lowest BCUT2D eigenvalue weighted by molar-refractivity contribution is -0.143. The highest BCUT2D eigenvalue weighted by Crippen LogP contribution is 2.34. The Balaban J connectivity index is 1.65. The summed E-state index contributed by atoms with van der Waals surface area (Å²) in [6.45, 7) is 0. The van der Waals surface area contributed by atoms with Crippen LogP contribution in [-0.2, 0) is 6.18 Å². The fourth-order valence-electron chi connectivity index (χ4n) is 2.68. The summed E-state index contributed by atoms with van der Waals surface area (Å²) in [5.41, 5.74) is -1.51. The Morgan fingerprint density at radius 1 is 1.03 bits per heavy atom. The lowest BCUT2D eigenvalue weighted by Gasteiger charge is -2.10. The number of amides is 1. The van der Waals surface area contributed by atoms with Crippen LogP contribution in [0.5, 0.6) is 0 Å². The fraction of sp³-hybridized carbons (Fsp3) is 0.0526. The molecule has 0 aliphatic rings. The van der Waals surface area contributed by atoms with Gasteiger partial charge in [-0.1, -0.05) is 46.9 Å². The molecular formula is C19H11F4N5OS. The Kier molecular flexibility index (Phi) is 5.04. The summed E-state index contributed by atoms with van der Waals surface area (Å²) in [4.78, 5) is 17.3. The third-order valence-electron chi connectivity index (χ3n) is 4.01. The second kappa shape index (κ2) is 7.67. The molecule has 0 unspecified atom stereocenters. The minimum absolute atomic E-state index is 0.0871. The van der Waals surface area contributed by atoms with Crippen molar-refractivity contribution in [2.45, 2.75) is 6.18 Å². The van der Waals surface area contributed by atoms with E-state index < -0.39 is 29.3 Å². The molecule has 2 heterocycles. The predicted octanol–water partition coefficient (Wildman–Crippen LogP) is 4.80. The van der Waals surface area contributed by atoms with Crippen molar-refractivity contribution in [2.75, 3.05) is 5.32 Å². The molecule has 152 valence electrons. The van der Waals surface area contributed by atoms with Gasteiger partial charge in [0.15, 0.2) is 16.5 Å². The van der Waals surface area contributed by atoms with Crippen molar-refractivity contribution in [3.8, 4) is 16.1 Å². The molecule has 0 saturated heterocycles. The van der Waals surface area contributed by atoms with E-state index in [4.69, 9.17) is 0 Å². The van der Waals surface area contributed by atoms with Gasteiger partial charge in [0.05, 0.1) is 10.6 Å². The minimum Gasteiger partial charge on any atom is -0.296 e. The number of hydrogen-bond acceptors (Lipinski definition) is 5. The normalized spacial score (nSPS) is 11.5. The molecule has 0 aliphatic carbocycles. The van der Waals surface area contributed by atoms with Crippen LogP contribution in [0, 0.1) is 5.82 Å². The molecule has 0 bridgehead atoms. The van der Waals surface area contributed by atoms with Gasteiger partial charge < -0.3 is 0 Å². The number of anilines is 1. The Labute approximate surface area is 170 Å². The molecule has 1 amide bonds. The number of carbonyl (C=O) groups is 1. The summed E-state index contributed by atoms with van der Waals surface area (Å²) in [7, 11) is 0. The molecule has 4 aromatic rings. The maximum Gasteiger partial charge on any atom is 0.435 e. The minimum atomic E-state index is -4.93. The molecular weight excluding hydrogens is 422 g/mol. The Morgan fingerprint density at radius 2 is 1.73 bits per heavy atom. The predicted molar refractivity (Wildman–Crippen MR) is 102 cm³/mol. The SMILES string of the molecule is O=C(Nc1ncc(-c2ccccc2)s1)c1nnn(-c2ccc(F)cc2)c1C(F)(F)F. The number of thiazole rings is 1. The maximum absolute atomic E-state index is 13.7. The third kappa shape index (κ3) is 3.92. The summed E-state index contributed by atoms with van der Waals surface area (Å²) in [5, 5.41) is 9.29. The molecule has 0 saturated carbocycles. The fourth-order valence-corrected chi connectivity index (χ4v) is 3.49. The summed E-state index contributed by atoms with van der Waals surface area (Å²) < 4.78 is 54.5. The van der Waals surface area contributed by atoms with E-state index in [2.05, 4.69) is 20.6 Å². The van der Waals surface area contributed by atoms with E-state index >= 15 is 0 Å². The molecule has 0 spiro atoms. The van der Waals surface area contributed by atoms with E-state index in [0.29, 0.717) is 4.68 Å². The number of nitrogens with one attached hydrogen (secondary N) is 1. The van der Waals surface area contributed by atoms with Crippen LogP contribution in [0.15, 0.2) is 60.8 Å². The van der Waals surface area contributed by atoms with Crippen LogP contribution >= 0.6 is 11.3 Å². The van der Waals surface area contributed by atoms with Crippen molar-refractivity contribution in [1.29, 1.82) is 0 Å². The Bertz CT molecular complexity index is 1190. The Morgan fingerprint density at radius 3 is 2.40 bits per heavy atom. The number of rotatable bonds is 4. The van der Waals surface area contributed by atoms with Gasteiger partial charge in [-0.3, -0.25) is 10.1 Å². The van der Waals surface area contributed by atoms with Crippen LogP contribution in [-0.4, -0.2) is 25.9 Å². The van der Waals surface area contributed by atoms with Crippen molar-refractivity contribution in [3.63, 3.8) is 0 Å². The molecule has 0 aliphatic heterocycles. The van der Waals surface area contributed by atoms with E-state index in [-0.39, 0.29) is 10.8 Å². The molecule has 0 fully saturated rings. The van der Waals surface area contributed by atoms with Crippen molar-refractivity contribution in [3.05, 3.63) is 78.0 Å². The first-order valence-corrected chi connectivity index (χ1v) is 9.26. The second-order valence-electron chi connectivity index (χ2n) is 6.02. The van der Waals surface area contributed by atoms with E-state index in [1.165, 1.54) is 6.20 Å². The zero-order chi connectivity index (χ0) is 21.3. The highest BCUT2D eigenvalue weighted by atomic mass is 32.1. The topological polar surface area (TPSA) is 72.7 Å². The molecule has 30 heavy (non-hydrogen) atoms. The summed E-state index contributed by atoms with van der Waals surface area (Å²) in [6.07, 6.45) is -3.42. The zero-order valence-corrected chi connectivity index (χ0v) is 15.7. The number of hydrogen-bond donors (Lipinski definition) is 1. The highest BCUT2D eigenvalue weighted by molar-refractivity contribution is 7.19. The number of nitrogens with zero attached hydrogens (tertiary/aromatic N) is 4. The van der Waals surface area contributed by atoms with Crippen molar-refractivity contribution in [1.82, 2.24) is 20.0 Å². The molecule has 4 rings (SSSR count). The molecule has 1 N–H and O–H groups in total. The molecule has 2 aromatic carbocycles. The van der Waals surface area contributed by atoms with E-state index in [0.717, 1.165) is 46.0 Å². The first-order chi connectivity index (χ1) is 14.3.